The van der Waals surface area contributed by atoms with Gasteiger partial charge < -0.3 is 9.73 Å². The first-order chi connectivity index (χ1) is 8.70. The highest BCUT2D eigenvalue weighted by Gasteiger charge is 2.27. The molecular formula is C12H13BrN4O. The zero-order valence-corrected chi connectivity index (χ0v) is 11.6. The van der Waals surface area contributed by atoms with Gasteiger partial charge in [0.25, 0.3) is 0 Å². The van der Waals surface area contributed by atoms with E-state index in [9.17, 15) is 0 Å². The molecule has 2 heterocycles. The van der Waals surface area contributed by atoms with Crippen molar-refractivity contribution in [3.8, 4) is 0 Å². The van der Waals surface area contributed by atoms with Crippen molar-refractivity contribution in [3.63, 3.8) is 0 Å². The Kier molecular flexibility index (Phi) is 3.03. The summed E-state index contributed by atoms with van der Waals surface area (Å²) >= 11 is 3.41. The molecule has 0 amide bonds. The van der Waals surface area contributed by atoms with Crippen LogP contribution < -0.4 is 5.32 Å². The predicted octanol–water partition coefficient (Wildman–Crippen LogP) is 3.03. The van der Waals surface area contributed by atoms with Gasteiger partial charge >= 0.3 is 0 Å². The Bertz CT molecular complexity index is 565. The number of hydrogen-bond donors (Lipinski definition) is 1. The highest BCUT2D eigenvalue weighted by molar-refractivity contribution is 9.10. The lowest BCUT2D eigenvalue weighted by Crippen LogP contribution is -2.04. The van der Waals surface area contributed by atoms with Crippen LogP contribution in [0, 0.1) is 6.92 Å². The van der Waals surface area contributed by atoms with Gasteiger partial charge in [0.15, 0.2) is 0 Å². The van der Waals surface area contributed by atoms with Crippen molar-refractivity contribution in [2.24, 2.45) is 0 Å². The molecule has 0 spiro atoms. The third-order valence-corrected chi connectivity index (χ3v) is 3.15. The van der Waals surface area contributed by atoms with Gasteiger partial charge in [-0.2, -0.15) is 0 Å². The van der Waals surface area contributed by atoms with Crippen LogP contribution in [0.5, 0.6) is 0 Å². The molecule has 0 unspecified atom stereocenters. The summed E-state index contributed by atoms with van der Waals surface area (Å²) in [6.07, 6.45) is 4.09. The molecule has 1 fully saturated rings. The van der Waals surface area contributed by atoms with E-state index < -0.39 is 0 Å². The van der Waals surface area contributed by atoms with Gasteiger partial charge in [0.1, 0.15) is 22.0 Å². The van der Waals surface area contributed by atoms with E-state index in [2.05, 4.69) is 36.2 Å². The van der Waals surface area contributed by atoms with Gasteiger partial charge in [-0.05, 0) is 35.7 Å². The average molecular weight is 309 g/mol. The zero-order chi connectivity index (χ0) is 12.5. The smallest absolute Gasteiger partial charge is 0.213 e. The molecule has 1 aliphatic carbocycles. The van der Waals surface area contributed by atoms with Gasteiger partial charge in [-0.15, -0.1) is 0 Å². The first-order valence-electron chi connectivity index (χ1n) is 5.90. The molecule has 6 heteroatoms. The number of oxazole rings is 1. The first-order valence-corrected chi connectivity index (χ1v) is 6.69. The van der Waals surface area contributed by atoms with Gasteiger partial charge in [0, 0.05) is 12.0 Å². The van der Waals surface area contributed by atoms with E-state index in [0.29, 0.717) is 18.4 Å². The number of hydrogen-bond acceptors (Lipinski definition) is 5. The van der Waals surface area contributed by atoms with E-state index in [1.54, 1.807) is 6.20 Å². The zero-order valence-electron chi connectivity index (χ0n) is 9.98. The molecule has 0 aliphatic heterocycles. The largest absolute Gasteiger partial charge is 0.444 e. The number of halogens is 1. The first kappa shape index (κ1) is 11.6. The average Bonchev–Trinajstić information content (AvgIpc) is 3.10. The standard InChI is InChI=1S/C12H13BrN4O/c1-7-5-15-11(18-7)6-14-10-4-9(13)16-12(17-10)8-2-3-8/h4-5,8H,2-3,6H2,1H3,(H,14,16,17). The molecule has 0 radical (unpaired) electrons. The van der Waals surface area contributed by atoms with Crippen LogP contribution in [-0.4, -0.2) is 15.0 Å². The molecule has 1 N–H and O–H groups in total. The summed E-state index contributed by atoms with van der Waals surface area (Å²) in [6, 6.07) is 1.86. The Morgan fingerprint density at radius 1 is 1.44 bits per heavy atom. The Labute approximate surface area is 113 Å². The minimum Gasteiger partial charge on any atom is -0.444 e. The molecule has 0 aromatic carbocycles. The lowest BCUT2D eigenvalue weighted by Gasteiger charge is -2.05. The molecule has 2 aromatic heterocycles. The van der Waals surface area contributed by atoms with Gasteiger partial charge in [-0.25, -0.2) is 15.0 Å². The minimum absolute atomic E-state index is 0.529. The molecule has 2 aromatic rings. The van der Waals surface area contributed by atoms with Gasteiger partial charge in [-0.1, -0.05) is 0 Å². The molecule has 1 saturated carbocycles. The maximum atomic E-state index is 5.40. The molecule has 94 valence electrons. The molecular weight excluding hydrogens is 296 g/mol. The summed E-state index contributed by atoms with van der Waals surface area (Å²) in [5, 5.41) is 3.20. The summed E-state index contributed by atoms with van der Waals surface area (Å²) in [4.78, 5) is 13.0. The lowest BCUT2D eigenvalue weighted by molar-refractivity contribution is 0.478. The minimum atomic E-state index is 0.529. The van der Waals surface area contributed by atoms with Crippen molar-refractivity contribution in [2.75, 3.05) is 5.32 Å². The molecule has 5 nitrogen and oxygen atoms in total. The number of rotatable bonds is 4. The monoisotopic (exact) mass is 308 g/mol. The van der Waals surface area contributed by atoms with Crippen LogP contribution >= 0.6 is 15.9 Å². The van der Waals surface area contributed by atoms with Crippen molar-refractivity contribution in [2.45, 2.75) is 32.2 Å². The summed E-state index contributed by atoms with van der Waals surface area (Å²) in [5.41, 5.74) is 0. The number of aryl methyl sites for hydroxylation is 1. The van der Waals surface area contributed by atoms with Crippen LogP contribution in [0.15, 0.2) is 21.3 Å². The van der Waals surface area contributed by atoms with Crippen LogP contribution in [0.4, 0.5) is 5.82 Å². The van der Waals surface area contributed by atoms with Crippen LogP contribution in [0.1, 0.15) is 36.2 Å². The highest BCUT2D eigenvalue weighted by atomic mass is 79.9. The normalized spacial score (nSPS) is 14.8. The van der Waals surface area contributed by atoms with E-state index in [0.717, 1.165) is 22.0 Å². The second-order valence-corrected chi connectivity index (χ2v) is 5.24. The maximum absolute atomic E-state index is 5.40. The molecule has 0 saturated heterocycles. The SMILES string of the molecule is Cc1cnc(CNc2cc(Br)nc(C3CC3)n2)o1. The Morgan fingerprint density at radius 2 is 2.28 bits per heavy atom. The van der Waals surface area contributed by atoms with Crippen LogP contribution in [0.2, 0.25) is 0 Å². The van der Waals surface area contributed by atoms with Crippen LogP contribution in [0.25, 0.3) is 0 Å². The Hall–Kier alpha value is -1.43. The molecule has 0 bridgehead atoms. The highest BCUT2D eigenvalue weighted by Crippen LogP contribution is 2.38. The van der Waals surface area contributed by atoms with E-state index in [4.69, 9.17) is 4.42 Å². The second-order valence-electron chi connectivity index (χ2n) is 4.43. The number of nitrogens with zero attached hydrogens (tertiary/aromatic N) is 3. The second kappa shape index (κ2) is 4.68. The summed E-state index contributed by atoms with van der Waals surface area (Å²) in [7, 11) is 0. The lowest BCUT2D eigenvalue weighted by atomic mass is 10.4. The van der Waals surface area contributed by atoms with E-state index in [-0.39, 0.29) is 0 Å². The van der Waals surface area contributed by atoms with E-state index in [1.807, 2.05) is 13.0 Å². The third-order valence-electron chi connectivity index (χ3n) is 2.74. The van der Waals surface area contributed by atoms with Crippen molar-refractivity contribution < 1.29 is 4.42 Å². The van der Waals surface area contributed by atoms with Crippen LogP contribution in [-0.2, 0) is 6.54 Å². The third kappa shape index (κ3) is 2.69. The molecule has 3 rings (SSSR count). The van der Waals surface area contributed by atoms with Gasteiger partial charge in [0.2, 0.25) is 5.89 Å². The summed E-state index contributed by atoms with van der Waals surface area (Å²) in [5.74, 6) is 3.72. The summed E-state index contributed by atoms with van der Waals surface area (Å²) in [6.45, 7) is 2.41. The fourth-order valence-electron chi connectivity index (χ4n) is 1.70. The van der Waals surface area contributed by atoms with Crippen molar-refractivity contribution >= 4 is 21.7 Å². The van der Waals surface area contributed by atoms with E-state index >= 15 is 0 Å². The Morgan fingerprint density at radius 3 is 2.94 bits per heavy atom. The van der Waals surface area contributed by atoms with Gasteiger partial charge in [-0.3, -0.25) is 0 Å². The quantitative estimate of drug-likeness (QED) is 0.880. The fraction of sp³-hybridized carbons (Fsp3) is 0.417. The molecule has 1 aliphatic rings. The fourth-order valence-corrected chi connectivity index (χ4v) is 2.10. The van der Waals surface area contributed by atoms with Crippen LogP contribution in [0.3, 0.4) is 0 Å². The maximum Gasteiger partial charge on any atom is 0.213 e. The van der Waals surface area contributed by atoms with Crippen molar-refractivity contribution in [1.29, 1.82) is 0 Å². The topological polar surface area (TPSA) is 63.8 Å². The molecule has 0 atom stereocenters. The van der Waals surface area contributed by atoms with Crippen molar-refractivity contribution in [1.82, 2.24) is 15.0 Å². The number of nitrogens with one attached hydrogen (secondary N) is 1. The predicted molar refractivity (Wildman–Crippen MR) is 70.3 cm³/mol. The Balaban J connectivity index is 1.71. The van der Waals surface area contributed by atoms with Gasteiger partial charge in [0.05, 0.1) is 12.7 Å². The summed E-state index contributed by atoms with van der Waals surface area (Å²) < 4.78 is 6.21. The van der Waals surface area contributed by atoms with Crippen molar-refractivity contribution in [3.05, 3.63) is 34.3 Å². The molecule has 18 heavy (non-hydrogen) atoms. The van der Waals surface area contributed by atoms with E-state index in [1.165, 1.54) is 12.8 Å². The number of aromatic nitrogens is 3. The number of anilines is 1.